The Morgan fingerprint density at radius 3 is 2.47 bits per heavy atom. The monoisotopic (exact) mass is 437 g/mol. The number of methoxy groups -OCH3 is 1. The molecule has 1 saturated carbocycles. The summed E-state index contributed by atoms with van der Waals surface area (Å²) in [6.45, 7) is 1.23. The quantitative estimate of drug-likeness (QED) is 0.557. The maximum Gasteiger partial charge on any atom is 0.123 e. The summed E-state index contributed by atoms with van der Waals surface area (Å²) in [6, 6.07) is 18.7. The molecular weight excluding hydrogens is 405 g/mol. The third-order valence-electron chi connectivity index (χ3n) is 6.60. The Morgan fingerprint density at radius 1 is 1.03 bits per heavy atom. The number of hydrogen-bond acceptors (Lipinski definition) is 4. The normalized spacial score (nSPS) is 23.6. The molecule has 170 valence electrons. The van der Waals surface area contributed by atoms with E-state index in [1.807, 2.05) is 38.4 Å². The SMILES string of the molecule is COc1ccc2cc(C3(O)CCC(OCc4ccc(F)cc4)CC3CN(C)C)ccc2c1. The summed E-state index contributed by atoms with van der Waals surface area (Å²) >= 11 is 0. The van der Waals surface area contributed by atoms with Gasteiger partial charge < -0.3 is 19.5 Å². The Kier molecular flexibility index (Phi) is 6.79. The summed E-state index contributed by atoms with van der Waals surface area (Å²) in [5.41, 5.74) is 1.01. The fourth-order valence-corrected chi connectivity index (χ4v) is 4.83. The average molecular weight is 438 g/mol. The van der Waals surface area contributed by atoms with Crippen LogP contribution in [0.25, 0.3) is 10.8 Å². The van der Waals surface area contributed by atoms with Gasteiger partial charge in [-0.15, -0.1) is 0 Å². The molecule has 0 bridgehead atoms. The predicted molar refractivity (Wildman–Crippen MR) is 125 cm³/mol. The van der Waals surface area contributed by atoms with Crippen molar-refractivity contribution in [3.8, 4) is 5.75 Å². The van der Waals surface area contributed by atoms with Crippen LogP contribution in [-0.2, 0) is 16.9 Å². The number of benzene rings is 3. The highest BCUT2D eigenvalue weighted by Crippen LogP contribution is 2.44. The molecule has 0 amide bonds. The summed E-state index contributed by atoms with van der Waals surface area (Å²) < 4.78 is 24.7. The largest absolute Gasteiger partial charge is 0.497 e. The Hall–Kier alpha value is -2.47. The zero-order chi connectivity index (χ0) is 22.7. The summed E-state index contributed by atoms with van der Waals surface area (Å²) in [5, 5.41) is 14.1. The van der Waals surface area contributed by atoms with Crippen molar-refractivity contribution in [2.24, 2.45) is 5.92 Å². The molecule has 1 aliphatic carbocycles. The number of rotatable bonds is 7. The zero-order valence-corrected chi connectivity index (χ0v) is 19.1. The van der Waals surface area contributed by atoms with E-state index in [4.69, 9.17) is 9.47 Å². The third-order valence-corrected chi connectivity index (χ3v) is 6.60. The lowest BCUT2D eigenvalue weighted by Crippen LogP contribution is -2.46. The zero-order valence-electron chi connectivity index (χ0n) is 19.1. The van der Waals surface area contributed by atoms with Crippen LogP contribution in [0.1, 0.15) is 30.4 Å². The number of fused-ring (bicyclic) bond motifs is 1. The molecule has 4 nitrogen and oxygen atoms in total. The maximum absolute atomic E-state index is 13.2. The van der Waals surface area contributed by atoms with Crippen molar-refractivity contribution in [3.05, 3.63) is 77.6 Å². The first-order valence-electron chi connectivity index (χ1n) is 11.2. The molecule has 3 unspecified atom stereocenters. The molecule has 3 aromatic carbocycles. The molecule has 0 heterocycles. The minimum atomic E-state index is -0.909. The van der Waals surface area contributed by atoms with Gasteiger partial charge in [0.25, 0.3) is 0 Å². The summed E-state index contributed by atoms with van der Waals surface area (Å²) in [4.78, 5) is 2.13. The smallest absolute Gasteiger partial charge is 0.123 e. The highest BCUT2D eigenvalue weighted by molar-refractivity contribution is 5.84. The first-order chi connectivity index (χ1) is 15.4. The average Bonchev–Trinajstić information content (AvgIpc) is 2.79. The van der Waals surface area contributed by atoms with Gasteiger partial charge >= 0.3 is 0 Å². The lowest BCUT2D eigenvalue weighted by molar-refractivity contribution is -0.110. The molecule has 0 radical (unpaired) electrons. The Labute approximate surface area is 189 Å². The number of ether oxygens (including phenoxy) is 2. The standard InChI is InChI=1S/C27H32FNO3/c1-29(2)17-23-16-26(32-18-19-4-9-24(28)10-5-19)12-13-27(23,30)22-8-6-21-15-25(31-3)11-7-20(21)14-22/h4-11,14-15,23,26,30H,12-13,16-18H2,1-3H3. The number of nitrogens with zero attached hydrogens (tertiary/aromatic N) is 1. The van der Waals surface area contributed by atoms with E-state index in [0.29, 0.717) is 13.0 Å². The van der Waals surface area contributed by atoms with Crippen molar-refractivity contribution in [1.29, 1.82) is 0 Å². The molecule has 5 heteroatoms. The van der Waals surface area contributed by atoms with E-state index in [-0.39, 0.29) is 17.8 Å². The van der Waals surface area contributed by atoms with Gasteiger partial charge in [-0.3, -0.25) is 0 Å². The van der Waals surface area contributed by atoms with Gasteiger partial charge in [0, 0.05) is 12.5 Å². The van der Waals surface area contributed by atoms with Crippen LogP contribution in [0.3, 0.4) is 0 Å². The van der Waals surface area contributed by atoms with Crippen LogP contribution < -0.4 is 4.74 Å². The second kappa shape index (κ2) is 9.57. The Morgan fingerprint density at radius 2 is 1.75 bits per heavy atom. The van der Waals surface area contributed by atoms with E-state index in [1.165, 1.54) is 12.1 Å². The van der Waals surface area contributed by atoms with Crippen molar-refractivity contribution >= 4 is 10.8 Å². The lowest BCUT2D eigenvalue weighted by atomic mass is 9.70. The van der Waals surface area contributed by atoms with Crippen LogP contribution in [0.4, 0.5) is 4.39 Å². The van der Waals surface area contributed by atoms with Crippen molar-refractivity contribution in [1.82, 2.24) is 4.90 Å². The van der Waals surface area contributed by atoms with Crippen LogP contribution in [0, 0.1) is 11.7 Å². The number of halogens is 1. The first-order valence-corrected chi connectivity index (χ1v) is 11.2. The lowest BCUT2D eigenvalue weighted by Gasteiger charge is -2.44. The number of hydrogen-bond donors (Lipinski definition) is 1. The van der Waals surface area contributed by atoms with Gasteiger partial charge in [-0.2, -0.15) is 0 Å². The van der Waals surface area contributed by atoms with Crippen LogP contribution in [0.2, 0.25) is 0 Å². The molecule has 32 heavy (non-hydrogen) atoms. The molecule has 0 spiro atoms. The third kappa shape index (κ3) is 4.96. The second-order valence-corrected chi connectivity index (χ2v) is 9.15. The van der Waals surface area contributed by atoms with E-state index < -0.39 is 5.60 Å². The van der Waals surface area contributed by atoms with E-state index in [1.54, 1.807) is 19.2 Å². The van der Waals surface area contributed by atoms with Gasteiger partial charge in [0.15, 0.2) is 0 Å². The van der Waals surface area contributed by atoms with E-state index in [0.717, 1.165) is 47.0 Å². The van der Waals surface area contributed by atoms with Crippen molar-refractivity contribution in [2.75, 3.05) is 27.7 Å². The molecule has 3 aromatic rings. The maximum atomic E-state index is 13.2. The van der Waals surface area contributed by atoms with Crippen LogP contribution in [0.15, 0.2) is 60.7 Å². The van der Waals surface area contributed by atoms with Gasteiger partial charge in [-0.05, 0) is 85.6 Å². The predicted octanol–water partition coefficient (Wildman–Crippen LogP) is 5.12. The van der Waals surface area contributed by atoms with Gasteiger partial charge in [0.1, 0.15) is 11.6 Å². The minimum absolute atomic E-state index is 0.0418. The highest BCUT2D eigenvalue weighted by atomic mass is 19.1. The van der Waals surface area contributed by atoms with E-state index >= 15 is 0 Å². The fraction of sp³-hybridized carbons (Fsp3) is 0.407. The Bertz CT molecular complexity index is 1050. The van der Waals surface area contributed by atoms with Gasteiger partial charge in [-0.1, -0.05) is 30.3 Å². The second-order valence-electron chi connectivity index (χ2n) is 9.15. The van der Waals surface area contributed by atoms with Crippen LogP contribution in [0.5, 0.6) is 5.75 Å². The molecule has 0 aromatic heterocycles. The topological polar surface area (TPSA) is 41.9 Å². The molecule has 0 aliphatic heterocycles. The molecule has 4 rings (SSSR count). The molecule has 0 saturated heterocycles. The summed E-state index contributed by atoms with van der Waals surface area (Å²) in [5.74, 6) is 0.629. The van der Waals surface area contributed by atoms with Gasteiger partial charge in [0.05, 0.1) is 25.4 Å². The first kappa shape index (κ1) is 22.7. The van der Waals surface area contributed by atoms with E-state index in [9.17, 15) is 9.50 Å². The highest BCUT2D eigenvalue weighted by Gasteiger charge is 2.44. The Balaban J connectivity index is 1.53. The number of aliphatic hydroxyl groups is 1. The fourth-order valence-electron chi connectivity index (χ4n) is 4.83. The van der Waals surface area contributed by atoms with Crippen LogP contribution in [-0.4, -0.2) is 43.9 Å². The molecule has 1 fully saturated rings. The minimum Gasteiger partial charge on any atom is -0.497 e. The van der Waals surface area contributed by atoms with Gasteiger partial charge in [0.2, 0.25) is 0 Å². The molecule has 1 N–H and O–H groups in total. The van der Waals surface area contributed by atoms with Crippen molar-refractivity contribution in [2.45, 2.75) is 37.6 Å². The summed E-state index contributed by atoms with van der Waals surface area (Å²) in [7, 11) is 5.74. The molecule has 3 atom stereocenters. The van der Waals surface area contributed by atoms with Crippen molar-refractivity contribution < 1.29 is 19.0 Å². The molecular formula is C27H32FNO3. The van der Waals surface area contributed by atoms with Crippen molar-refractivity contribution in [3.63, 3.8) is 0 Å². The van der Waals surface area contributed by atoms with Crippen LogP contribution >= 0.6 is 0 Å². The van der Waals surface area contributed by atoms with E-state index in [2.05, 4.69) is 17.0 Å². The summed E-state index contributed by atoms with van der Waals surface area (Å²) in [6.07, 6.45) is 2.26. The van der Waals surface area contributed by atoms with Gasteiger partial charge in [-0.25, -0.2) is 4.39 Å². The molecule has 1 aliphatic rings.